The van der Waals surface area contributed by atoms with Crippen molar-refractivity contribution in [2.45, 2.75) is 6.54 Å². The summed E-state index contributed by atoms with van der Waals surface area (Å²) in [5.74, 6) is 0.760. The Balaban J connectivity index is 0.00000196. The van der Waals surface area contributed by atoms with Crippen LogP contribution in [0.2, 0.25) is 0 Å². The first-order valence-electron chi connectivity index (χ1n) is 7.89. The van der Waals surface area contributed by atoms with Crippen molar-refractivity contribution in [1.29, 1.82) is 0 Å². The molecule has 0 bridgehead atoms. The van der Waals surface area contributed by atoms with Gasteiger partial charge >= 0.3 is 0 Å². The molecule has 0 radical (unpaired) electrons. The summed E-state index contributed by atoms with van der Waals surface area (Å²) in [5.41, 5.74) is 11.5. The smallest absolute Gasteiger partial charge is 0.137 e. The van der Waals surface area contributed by atoms with Gasteiger partial charge in [-0.05, 0) is 12.1 Å². The molecule has 8 heteroatoms. The van der Waals surface area contributed by atoms with Crippen molar-refractivity contribution in [3.05, 3.63) is 54.7 Å². The van der Waals surface area contributed by atoms with Crippen molar-refractivity contribution in [3.8, 4) is 28.1 Å². The Morgan fingerprint density at radius 2 is 1.92 bits per heavy atom. The summed E-state index contributed by atoms with van der Waals surface area (Å²) in [6, 6.07) is 8.00. The number of rotatable bonds is 4. The minimum absolute atomic E-state index is 0. The van der Waals surface area contributed by atoms with Crippen LogP contribution in [0, 0.1) is 0 Å². The third-order valence-electron chi connectivity index (χ3n) is 4.22. The lowest BCUT2D eigenvalue weighted by Gasteiger charge is -2.09. The topological polar surface area (TPSA) is 83.3 Å². The standard InChI is InChI=1S/C18H18N6O.ClH/c1-23-9-15(8-21-23)14-5-16-18(20-11-22-24(16)10-14)12-3-4-13(7-19)17(6-12)25-2;/h3-6,8-11H,7,19H2,1-2H3;1H. The SMILES string of the molecule is COc1cc(-c2ncnn3cc(-c4cnn(C)c4)cc23)ccc1CN.Cl. The molecule has 1 aromatic carbocycles. The maximum Gasteiger partial charge on any atom is 0.137 e. The van der Waals surface area contributed by atoms with E-state index in [1.165, 1.54) is 0 Å². The number of fused-ring (bicyclic) bond motifs is 1. The lowest BCUT2D eigenvalue weighted by Crippen LogP contribution is -2.00. The van der Waals surface area contributed by atoms with Crippen LogP contribution in [0.15, 0.2) is 49.2 Å². The van der Waals surface area contributed by atoms with Gasteiger partial charge in [-0.3, -0.25) is 4.68 Å². The summed E-state index contributed by atoms with van der Waals surface area (Å²) in [6.07, 6.45) is 7.34. The predicted octanol–water partition coefficient (Wildman–Crippen LogP) is 2.69. The van der Waals surface area contributed by atoms with Gasteiger partial charge in [0.15, 0.2) is 0 Å². The Hall–Kier alpha value is -2.90. The van der Waals surface area contributed by atoms with Crippen LogP contribution in [0.1, 0.15) is 5.56 Å². The van der Waals surface area contributed by atoms with Gasteiger partial charge in [-0.25, -0.2) is 9.50 Å². The maximum absolute atomic E-state index is 5.76. The predicted molar refractivity (Wildman–Crippen MR) is 102 cm³/mol. The van der Waals surface area contributed by atoms with Crippen molar-refractivity contribution in [2.24, 2.45) is 12.8 Å². The molecule has 0 unspecified atom stereocenters. The fraction of sp³-hybridized carbons (Fsp3) is 0.167. The van der Waals surface area contributed by atoms with Crippen molar-refractivity contribution in [3.63, 3.8) is 0 Å². The molecular weight excluding hydrogens is 352 g/mol. The van der Waals surface area contributed by atoms with Gasteiger partial charge in [-0.15, -0.1) is 12.4 Å². The second kappa shape index (κ2) is 7.15. The molecule has 0 aliphatic carbocycles. The molecule has 0 amide bonds. The zero-order valence-electron chi connectivity index (χ0n) is 14.5. The van der Waals surface area contributed by atoms with E-state index in [0.29, 0.717) is 6.54 Å². The van der Waals surface area contributed by atoms with Crippen LogP contribution in [0.4, 0.5) is 0 Å². The monoisotopic (exact) mass is 370 g/mol. The van der Waals surface area contributed by atoms with Gasteiger partial charge in [0.2, 0.25) is 0 Å². The number of hydrogen-bond donors (Lipinski definition) is 1. The van der Waals surface area contributed by atoms with E-state index >= 15 is 0 Å². The van der Waals surface area contributed by atoms with Crippen LogP contribution >= 0.6 is 12.4 Å². The van der Waals surface area contributed by atoms with Gasteiger partial charge in [0.05, 0.1) is 24.5 Å². The number of methoxy groups -OCH3 is 1. The van der Waals surface area contributed by atoms with Crippen LogP contribution in [0.5, 0.6) is 5.75 Å². The second-order valence-corrected chi connectivity index (χ2v) is 5.80. The normalized spacial score (nSPS) is 10.7. The first kappa shape index (κ1) is 17.9. The molecule has 7 nitrogen and oxygen atoms in total. The molecule has 4 aromatic rings. The van der Waals surface area contributed by atoms with E-state index in [1.807, 2.05) is 48.4 Å². The highest BCUT2D eigenvalue weighted by Crippen LogP contribution is 2.30. The third-order valence-corrected chi connectivity index (χ3v) is 4.22. The molecule has 26 heavy (non-hydrogen) atoms. The average Bonchev–Trinajstić information content (AvgIpc) is 3.26. The van der Waals surface area contributed by atoms with Crippen LogP contribution < -0.4 is 10.5 Å². The van der Waals surface area contributed by atoms with E-state index in [1.54, 1.807) is 18.1 Å². The molecule has 0 spiro atoms. The molecule has 2 N–H and O–H groups in total. The summed E-state index contributed by atoms with van der Waals surface area (Å²) in [4.78, 5) is 4.48. The summed E-state index contributed by atoms with van der Waals surface area (Å²) < 4.78 is 9.05. The third kappa shape index (κ3) is 3.02. The van der Waals surface area contributed by atoms with E-state index in [4.69, 9.17) is 10.5 Å². The van der Waals surface area contributed by atoms with Crippen LogP contribution in [-0.4, -0.2) is 31.5 Å². The van der Waals surface area contributed by atoms with Gasteiger partial charge in [0.25, 0.3) is 0 Å². The second-order valence-electron chi connectivity index (χ2n) is 5.80. The van der Waals surface area contributed by atoms with Crippen molar-refractivity contribution in [1.82, 2.24) is 24.4 Å². The Morgan fingerprint density at radius 1 is 1.08 bits per heavy atom. The molecule has 4 rings (SSSR count). The molecular formula is C18H19ClN6O. The maximum atomic E-state index is 5.76. The molecule has 3 heterocycles. The highest BCUT2D eigenvalue weighted by molar-refractivity contribution is 5.85. The molecule has 0 atom stereocenters. The zero-order valence-corrected chi connectivity index (χ0v) is 15.3. The number of aryl methyl sites for hydroxylation is 1. The van der Waals surface area contributed by atoms with E-state index < -0.39 is 0 Å². The summed E-state index contributed by atoms with van der Waals surface area (Å²) in [6.45, 7) is 0.429. The van der Waals surface area contributed by atoms with Crippen LogP contribution in [0.25, 0.3) is 27.9 Å². The van der Waals surface area contributed by atoms with E-state index in [0.717, 1.165) is 39.2 Å². The highest BCUT2D eigenvalue weighted by Gasteiger charge is 2.13. The minimum atomic E-state index is 0. The average molecular weight is 371 g/mol. The lowest BCUT2D eigenvalue weighted by molar-refractivity contribution is 0.410. The lowest BCUT2D eigenvalue weighted by atomic mass is 10.1. The Kier molecular flexibility index (Phi) is 4.92. The molecule has 3 aromatic heterocycles. The molecule has 0 saturated carbocycles. The number of nitrogens with zero attached hydrogens (tertiary/aromatic N) is 5. The Morgan fingerprint density at radius 3 is 2.62 bits per heavy atom. The molecule has 0 aliphatic heterocycles. The van der Waals surface area contributed by atoms with Crippen molar-refractivity contribution < 1.29 is 4.74 Å². The van der Waals surface area contributed by atoms with E-state index in [2.05, 4.69) is 21.2 Å². The number of nitrogens with two attached hydrogens (primary N) is 1. The van der Waals surface area contributed by atoms with Crippen molar-refractivity contribution in [2.75, 3.05) is 7.11 Å². The van der Waals surface area contributed by atoms with E-state index in [9.17, 15) is 0 Å². The van der Waals surface area contributed by atoms with Crippen LogP contribution in [0.3, 0.4) is 0 Å². The first-order valence-corrected chi connectivity index (χ1v) is 7.89. The van der Waals surface area contributed by atoms with E-state index in [-0.39, 0.29) is 12.4 Å². The number of halogens is 1. The molecule has 0 saturated heterocycles. The zero-order chi connectivity index (χ0) is 17.4. The fourth-order valence-corrected chi connectivity index (χ4v) is 2.94. The molecule has 134 valence electrons. The van der Waals surface area contributed by atoms with Gasteiger partial charge in [0.1, 0.15) is 12.1 Å². The van der Waals surface area contributed by atoms with Gasteiger partial charge in [-0.1, -0.05) is 12.1 Å². The summed E-state index contributed by atoms with van der Waals surface area (Å²) in [7, 11) is 3.54. The van der Waals surface area contributed by atoms with Gasteiger partial charge < -0.3 is 10.5 Å². The number of aromatic nitrogens is 5. The minimum Gasteiger partial charge on any atom is -0.496 e. The van der Waals surface area contributed by atoms with Gasteiger partial charge in [0, 0.05) is 48.2 Å². The number of ether oxygens (including phenoxy) is 1. The largest absolute Gasteiger partial charge is 0.496 e. The Labute approximate surface area is 156 Å². The number of hydrogen-bond acceptors (Lipinski definition) is 5. The first-order chi connectivity index (χ1) is 12.2. The molecule has 0 aliphatic rings. The fourth-order valence-electron chi connectivity index (χ4n) is 2.94. The van der Waals surface area contributed by atoms with Crippen molar-refractivity contribution >= 4 is 17.9 Å². The highest BCUT2D eigenvalue weighted by atomic mass is 35.5. The summed E-state index contributed by atoms with van der Waals surface area (Å²) >= 11 is 0. The Bertz CT molecular complexity index is 1050. The quantitative estimate of drug-likeness (QED) is 0.597. The molecule has 0 fully saturated rings. The van der Waals surface area contributed by atoms with Gasteiger partial charge in [-0.2, -0.15) is 10.2 Å². The van der Waals surface area contributed by atoms with Crippen LogP contribution in [-0.2, 0) is 13.6 Å². The summed E-state index contributed by atoms with van der Waals surface area (Å²) in [5, 5.41) is 8.55. The number of benzene rings is 1.